The van der Waals surface area contributed by atoms with E-state index in [0.29, 0.717) is 22.6 Å². The first kappa shape index (κ1) is 24.7. The van der Waals surface area contributed by atoms with E-state index in [-0.39, 0.29) is 5.91 Å². The van der Waals surface area contributed by atoms with E-state index in [1.54, 1.807) is 14.2 Å². The van der Waals surface area contributed by atoms with Crippen LogP contribution in [0.3, 0.4) is 0 Å². The van der Waals surface area contributed by atoms with Gasteiger partial charge in [0.15, 0.2) is 16.7 Å². The number of fused-ring (bicyclic) bond motifs is 1. The quantitative estimate of drug-likeness (QED) is 0.238. The van der Waals surface area contributed by atoms with E-state index < -0.39 is 0 Å². The van der Waals surface area contributed by atoms with Crippen LogP contribution in [0.4, 0.5) is 5.82 Å². The summed E-state index contributed by atoms with van der Waals surface area (Å²) in [6.45, 7) is 3.21. The molecule has 1 saturated heterocycles. The number of amides is 1. The third-order valence-corrected chi connectivity index (χ3v) is 7.75. The number of thioether (sulfide) groups is 1. The zero-order chi connectivity index (χ0) is 25.1. The molecule has 2 aromatic carbocycles. The molecule has 0 bridgehead atoms. The molecule has 2 aliphatic rings. The Labute approximate surface area is 220 Å². The summed E-state index contributed by atoms with van der Waals surface area (Å²) in [5.41, 5.74) is 4.23. The molecule has 1 amide bonds. The molecule has 7 nitrogen and oxygen atoms in total. The molecular weight excluding hydrogens is 496 g/mol. The summed E-state index contributed by atoms with van der Waals surface area (Å²) in [5, 5.41) is 1.03. The Balaban J connectivity index is 1.29. The number of rotatable bonds is 7. The average molecular weight is 525 g/mol. The van der Waals surface area contributed by atoms with E-state index in [9.17, 15) is 4.79 Å². The van der Waals surface area contributed by atoms with Gasteiger partial charge in [-0.3, -0.25) is 4.79 Å². The maximum Gasteiger partial charge on any atom is 0.253 e. The van der Waals surface area contributed by atoms with Crippen LogP contribution in [-0.2, 0) is 18.7 Å². The van der Waals surface area contributed by atoms with E-state index in [2.05, 4.69) is 16.0 Å². The number of methoxy groups -OCH3 is 2. The summed E-state index contributed by atoms with van der Waals surface area (Å²) in [7, 11) is 3.31. The van der Waals surface area contributed by atoms with Crippen molar-refractivity contribution >= 4 is 35.1 Å². The lowest BCUT2D eigenvalue weighted by Gasteiger charge is -2.30. The van der Waals surface area contributed by atoms with E-state index in [4.69, 9.17) is 26.1 Å². The highest BCUT2D eigenvalue weighted by Crippen LogP contribution is 2.35. The van der Waals surface area contributed by atoms with E-state index in [0.717, 1.165) is 67.3 Å². The van der Waals surface area contributed by atoms with Gasteiger partial charge in [-0.15, -0.1) is 0 Å². The van der Waals surface area contributed by atoms with Gasteiger partial charge in [-0.25, -0.2) is 9.97 Å². The monoisotopic (exact) mass is 524 g/mol. The van der Waals surface area contributed by atoms with Crippen molar-refractivity contribution in [2.75, 3.05) is 38.8 Å². The Hall–Kier alpha value is -2.97. The molecule has 0 radical (unpaired) electrons. The number of carbonyl (C=O) groups excluding carboxylic acids is 1. The van der Waals surface area contributed by atoms with E-state index in [1.165, 1.54) is 22.9 Å². The Kier molecular flexibility index (Phi) is 7.53. The fraction of sp³-hybridized carbons (Fsp3) is 0.370. The summed E-state index contributed by atoms with van der Waals surface area (Å²) in [4.78, 5) is 26.1. The van der Waals surface area contributed by atoms with Crippen LogP contribution in [0.15, 0.2) is 47.6 Å². The van der Waals surface area contributed by atoms with Crippen molar-refractivity contribution < 1.29 is 14.3 Å². The van der Waals surface area contributed by atoms with Gasteiger partial charge in [-0.05, 0) is 60.2 Å². The number of hydrogen-bond acceptors (Lipinski definition) is 7. The van der Waals surface area contributed by atoms with Gasteiger partial charge in [0.1, 0.15) is 11.0 Å². The van der Waals surface area contributed by atoms with Crippen LogP contribution < -0.4 is 14.4 Å². The van der Waals surface area contributed by atoms with Gasteiger partial charge in [0.25, 0.3) is 5.91 Å². The molecule has 0 aliphatic carbocycles. The molecule has 0 N–H and O–H groups in total. The molecular formula is C27H29ClN4O3S. The minimum atomic E-state index is 0.111. The number of aromatic nitrogens is 2. The molecule has 3 aromatic rings. The van der Waals surface area contributed by atoms with Gasteiger partial charge in [0.2, 0.25) is 0 Å². The van der Waals surface area contributed by atoms with Crippen LogP contribution in [0.1, 0.15) is 39.9 Å². The SMILES string of the molecule is COc1cc2c(cc1OC)CN(c1cc(Cl)nc(SCc3cccc(C(=O)N4CCCC4)c3)n1)CC2. The third-order valence-electron chi connectivity index (χ3n) is 6.64. The number of benzene rings is 2. The summed E-state index contributed by atoms with van der Waals surface area (Å²) >= 11 is 7.92. The average Bonchev–Trinajstić information content (AvgIpc) is 3.45. The molecule has 1 aromatic heterocycles. The van der Waals surface area contributed by atoms with Crippen LogP contribution >= 0.6 is 23.4 Å². The molecule has 2 aliphatic heterocycles. The van der Waals surface area contributed by atoms with Crippen LogP contribution in [0.2, 0.25) is 5.15 Å². The van der Waals surface area contributed by atoms with Crippen molar-refractivity contribution in [3.05, 3.63) is 69.9 Å². The molecule has 0 saturated carbocycles. The minimum absolute atomic E-state index is 0.111. The Morgan fingerprint density at radius 1 is 1.00 bits per heavy atom. The number of hydrogen-bond donors (Lipinski definition) is 0. The topological polar surface area (TPSA) is 67.8 Å². The highest BCUT2D eigenvalue weighted by atomic mass is 35.5. The first-order valence-corrected chi connectivity index (χ1v) is 13.4. The van der Waals surface area contributed by atoms with Crippen molar-refractivity contribution in [1.82, 2.24) is 14.9 Å². The number of likely N-dealkylation sites (tertiary alicyclic amines) is 1. The van der Waals surface area contributed by atoms with Crippen molar-refractivity contribution in [3.8, 4) is 11.5 Å². The van der Waals surface area contributed by atoms with Crippen LogP contribution in [0.5, 0.6) is 11.5 Å². The summed E-state index contributed by atoms with van der Waals surface area (Å²) in [6, 6.07) is 13.7. The van der Waals surface area contributed by atoms with Crippen LogP contribution in [0.25, 0.3) is 0 Å². The minimum Gasteiger partial charge on any atom is -0.493 e. The largest absolute Gasteiger partial charge is 0.493 e. The lowest BCUT2D eigenvalue weighted by Crippen LogP contribution is -2.31. The second-order valence-corrected chi connectivity index (χ2v) is 10.3. The molecule has 0 atom stereocenters. The maximum absolute atomic E-state index is 12.8. The molecule has 0 unspecified atom stereocenters. The zero-order valence-corrected chi connectivity index (χ0v) is 22.1. The van der Waals surface area contributed by atoms with Gasteiger partial charge in [-0.1, -0.05) is 35.5 Å². The van der Waals surface area contributed by atoms with Crippen molar-refractivity contribution in [2.24, 2.45) is 0 Å². The Morgan fingerprint density at radius 3 is 2.50 bits per heavy atom. The number of nitrogens with zero attached hydrogens (tertiary/aromatic N) is 4. The summed E-state index contributed by atoms with van der Waals surface area (Å²) in [5.74, 6) is 3.04. The maximum atomic E-state index is 12.8. The Bertz CT molecular complexity index is 1270. The fourth-order valence-corrected chi connectivity index (χ4v) is 5.76. The summed E-state index contributed by atoms with van der Waals surface area (Å²) < 4.78 is 10.9. The highest BCUT2D eigenvalue weighted by molar-refractivity contribution is 7.98. The smallest absolute Gasteiger partial charge is 0.253 e. The second-order valence-electron chi connectivity index (χ2n) is 8.97. The van der Waals surface area contributed by atoms with Crippen LogP contribution in [-0.4, -0.2) is 54.6 Å². The molecule has 36 heavy (non-hydrogen) atoms. The van der Waals surface area contributed by atoms with Gasteiger partial charge >= 0.3 is 0 Å². The zero-order valence-electron chi connectivity index (χ0n) is 20.5. The molecule has 5 rings (SSSR count). The van der Waals surface area contributed by atoms with Gasteiger partial charge < -0.3 is 19.3 Å². The predicted molar refractivity (Wildman–Crippen MR) is 142 cm³/mol. The fourth-order valence-electron chi connectivity index (χ4n) is 4.74. The van der Waals surface area contributed by atoms with E-state index >= 15 is 0 Å². The van der Waals surface area contributed by atoms with Crippen LogP contribution in [0, 0.1) is 0 Å². The Morgan fingerprint density at radius 2 is 1.75 bits per heavy atom. The lowest BCUT2D eigenvalue weighted by atomic mass is 9.99. The molecule has 3 heterocycles. The van der Waals surface area contributed by atoms with E-state index in [1.807, 2.05) is 41.3 Å². The molecule has 9 heteroatoms. The van der Waals surface area contributed by atoms with Crippen molar-refractivity contribution in [2.45, 2.75) is 36.7 Å². The standard InChI is InChI=1S/C27H29ClN4O3S/c1-34-22-13-19-8-11-32(16-21(19)14-23(22)35-2)25-15-24(28)29-27(30-25)36-17-18-6-5-7-20(12-18)26(33)31-9-3-4-10-31/h5-7,12-15H,3-4,8-11,16-17H2,1-2H3. The molecule has 1 fully saturated rings. The van der Waals surface area contributed by atoms with Crippen molar-refractivity contribution in [1.29, 1.82) is 0 Å². The first-order valence-electron chi connectivity index (χ1n) is 12.1. The van der Waals surface area contributed by atoms with Gasteiger partial charge in [0.05, 0.1) is 14.2 Å². The highest BCUT2D eigenvalue weighted by Gasteiger charge is 2.22. The van der Waals surface area contributed by atoms with Gasteiger partial charge in [0, 0.05) is 43.6 Å². The molecule has 0 spiro atoms. The normalized spacial score (nSPS) is 15.1. The number of ether oxygens (including phenoxy) is 2. The number of carbonyl (C=O) groups is 1. The number of halogens is 1. The second kappa shape index (κ2) is 11.0. The van der Waals surface area contributed by atoms with Crippen molar-refractivity contribution in [3.63, 3.8) is 0 Å². The molecule has 188 valence electrons. The summed E-state index contributed by atoms with van der Waals surface area (Å²) in [6.07, 6.45) is 3.04. The third kappa shape index (κ3) is 5.39. The first-order chi connectivity index (χ1) is 17.5. The number of anilines is 1. The van der Waals surface area contributed by atoms with Gasteiger partial charge in [-0.2, -0.15) is 0 Å². The lowest BCUT2D eigenvalue weighted by molar-refractivity contribution is 0.0792. The predicted octanol–water partition coefficient (Wildman–Crippen LogP) is 5.24.